The molecule has 3 aromatic carbocycles. The Kier molecular flexibility index (Phi) is 13.8. The fraction of sp³-hybridized carbons (Fsp3) is 0.390. The summed E-state index contributed by atoms with van der Waals surface area (Å²) in [5.41, 5.74) is 5.43. The number of rotatable bonds is 15. The summed E-state index contributed by atoms with van der Waals surface area (Å²) >= 11 is 13.9. The van der Waals surface area contributed by atoms with Crippen LogP contribution in [0, 0.1) is 18.3 Å². The molecule has 2 saturated heterocycles. The van der Waals surface area contributed by atoms with Gasteiger partial charge in [0.1, 0.15) is 42.6 Å². The Labute approximate surface area is 329 Å². The highest BCUT2D eigenvalue weighted by Gasteiger charge is 2.29. The predicted molar refractivity (Wildman–Crippen MR) is 211 cm³/mol. The maximum absolute atomic E-state index is 12.1. The van der Waals surface area contributed by atoms with Gasteiger partial charge in [-0.1, -0.05) is 60.0 Å². The average Bonchev–Trinajstić information content (AvgIpc) is 3.18. The van der Waals surface area contributed by atoms with Gasteiger partial charge in [-0.05, 0) is 62.1 Å². The SMILES string of the molecule is Cc1c(OCCCN2CCS(=O)CC2)cccc1-c1cccc(COc2cc(OCc3cncc(C#N)c3)c(CN3CCCC[C@H]3C(=O)O)cc2Cl)c1Cl. The van der Waals surface area contributed by atoms with Gasteiger partial charge in [0.05, 0.1) is 22.2 Å². The first kappa shape index (κ1) is 39.5. The molecule has 284 valence electrons. The van der Waals surface area contributed by atoms with Crippen LogP contribution in [0.15, 0.2) is 67.0 Å². The summed E-state index contributed by atoms with van der Waals surface area (Å²) in [5.74, 6) is 2.33. The fourth-order valence-corrected chi connectivity index (χ4v) is 8.55. The fourth-order valence-electron chi connectivity index (χ4n) is 6.90. The number of hydrogen-bond acceptors (Lipinski definition) is 9. The Morgan fingerprint density at radius 1 is 0.944 bits per heavy atom. The van der Waals surface area contributed by atoms with Crippen LogP contribution in [0.3, 0.4) is 0 Å². The van der Waals surface area contributed by atoms with E-state index in [4.69, 9.17) is 37.4 Å². The summed E-state index contributed by atoms with van der Waals surface area (Å²) in [5, 5.41) is 20.1. The molecule has 0 bridgehead atoms. The summed E-state index contributed by atoms with van der Waals surface area (Å²) in [6.45, 7) is 6.52. The molecule has 0 radical (unpaired) electrons. The number of aliphatic carboxylic acids is 1. The average molecular weight is 792 g/mol. The van der Waals surface area contributed by atoms with Gasteiger partial charge in [-0.15, -0.1) is 0 Å². The van der Waals surface area contributed by atoms with Crippen LogP contribution in [-0.4, -0.2) is 80.4 Å². The first-order valence-electron chi connectivity index (χ1n) is 18.2. The second kappa shape index (κ2) is 18.9. The van der Waals surface area contributed by atoms with Crippen molar-refractivity contribution in [2.24, 2.45) is 0 Å². The van der Waals surface area contributed by atoms with Crippen molar-refractivity contribution in [2.45, 2.75) is 58.4 Å². The van der Waals surface area contributed by atoms with Crippen molar-refractivity contribution in [3.63, 3.8) is 0 Å². The lowest BCUT2D eigenvalue weighted by molar-refractivity contribution is -0.144. The molecule has 0 aliphatic carbocycles. The van der Waals surface area contributed by atoms with Crippen molar-refractivity contribution in [3.05, 3.63) is 105 Å². The number of aromatic nitrogens is 1. The van der Waals surface area contributed by atoms with Crippen LogP contribution in [0.2, 0.25) is 10.0 Å². The van der Waals surface area contributed by atoms with Gasteiger partial charge in [0.15, 0.2) is 0 Å². The number of nitrogens with zero attached hydrogens (tertiary/aromatic N) is 4. The number of carbonyl (C=O) groups is 1. The van der Waals surface area contributed by atoms with Crippen molar-refractivity contribution in [3.8, 4) is 34.4 Å². The van der Waals surface area contributed by atoms with E-state index in [-0.39, 0.29) is 13.2 Å². The molecule has 1 N–H and O–H groups in total. The summed E-state index contributed by atoms with van der Waals surface area (Å²) in [6, 6.07) is 18.5. The van der Waals surface area contributed by atoms with Gasteiger partial charge in [0.2, 0.25) is 0 Å². The third-order valence-electron chi connectivity index (χ3n) is 9.89. The Bertz CT molecular complexity index is 2010. The summed E-state index contributed by atoms with van der Waals surface area (Å²) in [4.78, 5) is 20.5. The normalized spacial score (nSPS) is 16.8. The van der Waals surface area contributed by atoms with E-state index >= 15 is 0 Å². The molecular weight excluding hydrogens is 747 g/mol. The third-order valence-corrected chi connectivity index (χ3v) is 11.9. The first-order valence-corrected chi connectivity index (χ1v) is 20.4. The number of hydrogen-bond donors (Lipinski definition) is 1. The van der Waals surface area contributed by atoms with Gasteiger partial charge in [-0.2, -0.15) is 5.26 Å². The third kappa shape index (κ3) is 10.1. The predicted octanol–water partition coefficient (Wildman–Crippen LogP) is 7.67. The molecular formula is C41H44Cl2N4O6S. The van der Waals surface area contributed by atoms with Gasteiger partial charge in [-0.3, -0.25) is 18.9 Å². The lowest BCUT2D eigenvalue weighted by Gasteiger charge is -2.33. The van der Waals surface area contributed by atoms with E-state index in [0.717, 1.165) is 84.0 Å². The Morgan fingerprint density at radius 2 is 1.72 bits per heavy atom. The molecule has 1 aromatic heterocycles. The Morgan fingerprint density at radius 3 is 2.52 bits per heavy atom. The number of benzene rings is 3. The second-order valence-corrected chi connectivity index (χ2v) is 16.1. The Balaban J connectivity index is 1.17. The molecule has 10 nitrogen and oxygen atoms in total. The highest BCUT2D eigenvalue weighted by Crippen LogP contribution is 2.39. The zero-order valence-corrected chi connectivity index (χ0v) is 32.6. The number of halogens is 2. The topological polar surface area (TPSA) is 125 Å². The van der Waals surface area contributed by atoms with Gasteiger partial charge in [0, 0.05) is 89.2 Å². The van der Waals surface area contributed by atoms with Crippen molar-refractivity contribution >= 4 is 40.0 Å². The summed E-state index contributed by atoms with van der Waals surface area (Å²) < 4.78 is 30.5. The van der Waals surface area contributed by atoms with Crippen LogP contribution in [0.4, 0.5) is 0 Å². The van der Waals surface area contributed by atoms with Crippen molar-refractivity contribution in [1.29, 1.82) is 5.26 Å². The molecule has 0 spiro atoms. The summed E-state index contributed by atoms with van der Waals surface area (Å²) in [7, 11) is -0.680. The highest BCUT2D eigenvalue weighted by molar-refractivity contribution is 7.85. The maximum Gasteiger partial charge on any atom is 0.320 e. The molecule has 0 saturated carbocycles. The van der Waals surface area contributed by atoms with Gasteiger partial charge in [0.25, 0.3) is 0 Å². The number of likely N-dealkylation sites (tertiary alicyclic amines) is 1. The van der Waals surface area contributed by atoms with Crippen molar-refractivity contribution in [1.82, 2.24) is 14.8 Å². The molecule has 13 heteroatoms. The standard InChI is InChI=1S/C41H44Cl2N4O6S/c1-28-33(8-5-11-37(28)51-16-6-12-46-14-17-54(50)18-15-46)34-9-4-7-31(40(34)43)27-53-39-21-38(52-26-30-19-29(22-44)23-45-24-30)32(20-35(39)42)25-47-13-3-2-10-36(47)41(48)49/h4-5,7-9,11,19-21,23-24,36H,2-3,6,10,12-18,25-27H2,1H3,(H,48,49)/t36-/m0/s1. The monoisotopic (exact) mass is 790 g/mol. The zero-order chi connectivity index (χ0) is 38.0. The van der Waals surface area contributed by atoms with Gasteiger partial charge in [-0.25, -0.2) is 0 Å². The van der Waals surface area contributed by atoms with Crippen LogP contribution in [0.25, 0.3) is 11.1 Å². The molecule has 2 aliphatic rings. The number of piperidine rings is 1. The van der Waals surface area contributed by atoms with E-state index < -0.39 is 22.8 Å². The second-order valence-electron chi connectivity index (χ2n) is 13.6. The molecule has 6 rings (SSSR count). The number of carboxylic acid groups (broad SMARTS) is 1. The lowest BCUT2D eigenvalue weighted by atomic mass is 9.98. The highest BCUT2D eigenvalue weighted by atomic mass is 35.5. The van der Waals surface area contributed by atoms with Gasteiger partial charge < -0.3 is 24.2 Å². The molecule has 2 aliphatic heterocycles. The van der Waals surface area contributed by atoms with Crippen LogP contribution >= 0.6 is 23.2 Å². The van der Waals surface area contributed by atoms with E-state index in [2.05, 4.69) is 16.0 Å². The van der Waals surface area contributed by atoms with E-state index in [1.165, 1.54) is 6.20 Å². The number of pyridine rings is 1. The lowest BCUT2D eigenvalue weighted by Crippen LogP contribution is -2.44. The summed E-state index contributed by atoms with van der Waals surface area (Å²) in [6.07, 6.45) is 6.35. The molecule has 3 heterocycles. The largest absolute Gasteiger partial charge is 0.493 e. The van der Waals surface area contributed by atoms with Crippen LogP contribution in [0.1, 0.15) is 53.5 Å². The minimum absolute atomic E-state index is 0.131. The number of ether oxygens (including phenoxy) is 3. The minimum Gasteiger partial charge on any atom is -0.493 e. The first-order chi connectivity index (χ1) is 26.2. The Hall–Kier alpha value is -4.18. The molecule has 54 heavy (non-hydrogen) atoms. The van der Waals surface area contributed by atoms with Crippen molar-refractivity contribution in [2.75, 3.05) is 44.3 Å². The quantitative estimate of drug-likeness (QED) is 0.120. The van der Waals surface area contributed by atoms with E-state index in [9.17, 15) is 19.4 Å². The number of carboxylic acids is 1. The van der Waals surface area contributed by atoms with Gasteiger partial charge >= 0.3 is 5.97 Å². The van der Waals surface area contributed by atoms with E-state index in [1.54, 1.807) is 24.4 Å². The zero-order valence-electron chi connectivity index (χ0n) is 30.3. The van der Waals surface area contributed by atoms with Crippen LogP contribution < -0.4 is 14.2 Å². The molecule has 0 amide bonds. The number of nitriles is 1. The van der Waals surface area contributed by atoms with E-state index in [1.807, 2.05) is 48.2 Å². The van der Waals surface area contributed by atoms with Crippen LogP contribution in [-0.2, 0) is 35.4 Å². The van der Waals surface area contributed by atoms with Crippen LogP contribution in [0.5, 0.6) is 17.2 Å². The molecule has 0 unspecified atom stereocenters. The molecule has 4 aromatic rings. The minimum atomic E-state index is -0.847. The van der Waals surface area contributed by atoms with E-state index in [0.29, 0.717) is 58.8 Å². The molecule has 2 fully saturated rings. The molecule has 1 atom stereocenters. The maximum atomic E-state index is 12.1. The smallest absolute Gasteiger partial charge is 0.320 e. The van der Waals surface area contributed by atoms with Crippen molar-refractivity contribution < 1.29 is 28.3 Å².